The summed E-state index contributed by atoms with van der Waals surface area (Å²) in [5, 5.41) is 9.35. The van der Waals surface area contributed by atoms with E-state index in [1.54, 1.807) is 20.8 Å². The minimum Gasteiger partial charge on any atom is -0.484 e. The van der Waals surface area contributed by atoms with Crippen molar-refractivity contribution in [2.75, 3.05) is 26.3 Å². The van der Waals surface area contributed by atoms with E-state index in [2.05, 4.69) is 9.88 Å². The number of hydrogen-bond acceptors (Lipinski definition) is 10. The smallest absolute Gasteiger partial charge is 0.329 e. The molecular formula is C25H32N4O10S. The van der Waals surface area contributed by atoms with Crippen molar-refractivity contribution < 1.29 is 47.0 Å². The third-order valence-corrected chi connectivity index (χ3v) is 6.92. The largest absolute Gasteiger partial charge is 0.484 e. The highest BCUT2D eigenvalue weighted by atomic mass is 32.2. The molecule has 0 aliphatic carbocycles. The maximum atomic E-state index is 13.0. The summed E-state index contributed by atoms with van der Waals surface area (Å²) in [5.41, 5.74) is 2.08. The second kappa shape index (κ2) is 12.2. The molecule has 2 N–H and O–H groups in total. The molecule has 0 radical (unpaired) electrons. The lowest BCUT2D eigenvalue weighted by atomic mass is 10.1. The molecule has 15 heteroatoms. The number of amides is 2. The molecule has 1 unspecified atom stereocenters. The van der Waals surface area contributed by atoms with Crippen molar-refractivity contribution in [3.05, 3.63) is 23.8 Å². The number of esters is 1. The molecule has 1 aromatic carbocycles. The van der Waals surface area contributed by atoms with Gasteiger partial charge in [0.25, 0.3) is 11.8 Å². The standard InChI is InChI=1S/C25H32N4O10S/c1-25(2,3)38-24(34)19-7-5-9-29(19)21(31)14-37-17-11-15(22-26-39-40(35)27-22)10-16(12-17)36-13-20(30)28-8-4-6-18(28)23(32)33/h10-12,18-19H,4-9,13-14H2,1-3H3,(H,26,27)(H,32,33)/t18-,19-,40?/m1/s1. The Morgan fingerprint density at radius 2 is 1.55 bits per heavy atom. The number of nitrogens with zero attached hydrogens (tertiary/aromatic N) is 3. The van der Waals surface area contributed by atoms with E-state index in [1.807, 2.05) is 0 Å². The highest BCUT2D eigenvalue weighted by Crippen LogP contribution is 2.26. The molecule has 1 aromatic rings. The summed E-state index contributed by atoms with van der Waals surface area (Å²) in [6, 6.07) is 2.86. The minimum atomic E-state index is -1.94. The van der Waals surface area contributed by atoms with Crippen LogP contribution in [-0.2, 0) is 39.5 Å². The van der Waals surface area contributed by atoms with Crippen molar-refractivity contribution in [2.45, 2.75) is 64.1 Å². The van der Waals surface area contributed by atoms with Crippen LogP contribution < -0.4 is 15.0 Å². The molecule has 3 heterocycles. The quantitative estimate of drug-likeness (QED) is 0.394. The lowest BCUT2D eigenvalue weighted by molar-refractivity contribution is -0.163. The zero-order valence-electron chi connectivity index (χ0n) is 22.4. The van der Waals surface area contributed by atoms with Gasteiger partial charge in [-0.05, 0) is 58.6 Å². The van der Waals surface area contributed by atoms with Crippen LogP contribution in [0.2, 0.25) is 0 Å². The molecule has 40 heavy (non-hydrogen) atoms. The van der Waals surface area contributed by atoms with Gasteiger partial charge in [0.2, 0.25) is 0 Å². The molecule has 3 aliphatic heterocycles. The van der Waals surface area contributed by atoms with E-state index in [9.17, 15) is 28.5 Å². The summed E-state index contributed by atoms with van der Waals surface area (Å²) >= 11 is -1.94. The predicted octanol–water partition coefficient (Wildman–Crippen LogP) is 0.713. The number of nitrogens with one attached hydrogen (secondary N) is 1. The van der Waals surface area contributed by atoms with Gasteiger partial charge in [0.05, 0.1) is 0 Å². The molecule has 218 valence electrons. The Bertz CT molecular complexity index is 1230. The van der Waals surface area contributed by atoms with E-state index in [0.717, 1.165) is 0 Å². The van der Waals surface area contributed by atoms with Gasteiger partial charge in [-0.15, -0.1) is 4.40 Å². The average Bonchev–Trinajstić information content (AvgIpc) is 3.65. The van der Waals surface area contributed by atoms with Gasteiger partial charge in [0.1, 0.15) is 29.2 Å². The van der Waals surface area contributed by atoms with Gasteiger partial charge in [0, 0.05) is 24.7 Å². The number of carboxylic acids is 1. The van der Waals surface area contributed by atoms with Gasteiger partial charge >= 0.3 is 23.2 Å². The van der Waals surface area contributed by atoms with Gasteiger partial charge in [0.15, 0.2) is 19.0 Å². The predicted molar refractivity (Wildman–Crippen MR) is 139 cm³/mol. The van der Waals surface area contributed by atoms with Crippen LogP contribution in [0.3, 0.4) is 0 Å². The van der Waals surface area contributed by atoms with Crippen molar-refractivity contribution in [3.8, 4) is 11.5 Å². The first-order valence-corrected chi connectivity index (χ1v) is 13.8. The molecule has 3 aliphatic rings. The maximum absolute atomic E-state index is 13.0. The third-order valence-electron chi connectivity index (χ3n) is 6.36. The number of carboxylic acid groups (broad SMARTS) is 1. The molecule has 4 rings (SSSR count). The summed E-state index contributed by atoms with van der Waals surface area (Å²) in [7, 11) is 0. The molecule has 0 saturated carbocycles. The van der Waals surface area contributed by atoms with Crippen molar-refractivity contribution in [3.63, 3.8) is 0 Å². The summed E-state index contributed by atoms with van der Waals surface area (Å²) < 4.78 is 37.0. The highest BCUT2D eigenvalue weighted by Gasteiger charge is 2.37. The molecule has 14 nitrogen and oxygen atoms in total. The summed E-state index contributed by atoms with van der Waals surface area (Å²) in [5.74, 6) is -1.99. The number of ether oxygens (including phenoxy) is 3. The van der Waals surface area contributed by atoms with Crippen LogP contribution in [0.4, 0.5) is 0 Å². The van der Waals surface area contributed by atoms with Crippen molar-refractivity contribution in [1.82, 2.24) is 15.3 Å². The first kappa shape index (κ1) is 29.3. The molecule has 3 atom stereocenters. The Labute approximate surface area is 233 Å². The van der Waals surface area contributed by atoms with E-state index >= 15 is 0 Å². The molecule has 2 fully saturated rings. The first-order chi connectivity index (χ1) is 18.9. The first-order valence-electron chi connectivity index (χ1n) is 12.8. The van der Waals surface area contributed by atoms with E-state index in [0.29, 0.717) is 44.3 Å². The highest BCUT2D eigenvalue weighted by molar-refractivity contribution is 7.79. The van der Waals surface area contributed by atoms with Crippen LogP contribution in [0.1, 0.15) is 52.0 Å². The Hall–Kier alpha value is -3.72. The Kier molecular flexibility index (Phi) is 8.93. The zero-order valence-corrected chi connectivity index (χ0v) is 23.2. The maximum Gasteiger partial charge on any atom is 0.329 e. The van der Waals surface area contributed by atoms with Crippen molar-refractivity contribution >= 4 is 40.9 Å². The third kappa shape index (κ3) is 7.27. The molecule has 2 amide bonds. The average molecular weight is 581 g/mol. The number of hydrogen-bond donors (Lipinski definition) is 2. The number of aliphatic carboxylic acids is 1. The molecule has 0 spiro atoms. The van der Waals surface area contributed by atoms with E-state index in [1.165, 1.54) is 28.0 Å². The topological polar surface area (TPSA) is 173 Å². The van der Waals surface area contributed by atoms with Crippen LogP contribution in [0, 0.1) is 0 Å². The molecule has 0 bridgehead atoms. The van der Waals surface area contributed by atoms with Gasteiger partial charge in [-0.1, -0.05) is 0 Å². The normalized spacial score (nSPS) is 22.5. The Morgan fingerprint density at radius 3 is 2.05 bits per heavy atom. The molecule has 0 aromatic heterocycles. The van der Waals surface area contributed by atoms with Crippen LogP contribution >= 0.6 is 0 Å². The number of amidine groups is 1. The minimum absolute atomic E-state index is 0.112. The number of benzene rings is 1. The fourth-order valence-electron chi connectivity index (χ4n) is 4.63. The van der Waals surface area contributed by atoms with Gasteiger partial charge in [-0.25, -0.2) is 19.3 Å². The van der Waals surface area contributed by atoms with Gasteiger partial charge in [-0.3, -0.25) is 9.59 Å². The SMILES string of the molecule is CC(C)(C)OC(=O)[C@H]1CCCN1C(=O)COc1cc(OCC(=O)N2CCC[C@@H]2C(=O)O)cc(C2=NS(=O)ON2)c1. The number of likely N-dealkylation sites (tertiary alicyclic amines) is 2. The lowest BCUT2D eigenvalue weighted by Gasteiger charge is -2.27. The second-order valence-electron chi connectivity index (χ2n) is 10.5. The monoisotopic (exact) mass is 580 g/mol. The summed E-state index contributed by atoms with van der Waals surface area (Å²) in [6.07, 6.45) is 2.10. The summed E-state index contributed by atoms with van der Waals surface area (Å²) in [6.45, 7) is 5.16. The van der Waals surface area contributed by atoms with Gasteiger partial charge in [-0.2, -0.15) is 4.28 Å². The van der Waals surface area contributed by atoms with Crippen LogP contribution in [0.25, 0.3) is 0 Å². The fourth-order valence-corrected chi connectivity index (χ4v) is 5.11. The number of carbonyl (C=O) groups excluding carboxylic acids is 3. The zero-order chi connectivity index (χ0) is 29.0. The van der Waals surface area contributed by atoms with Crippen LogP contribution in [0.5, 0.6) is 11.5 Å². The van der Waals surface area contributed by atoms with Crippen molar-refractivity contribution in [2.24, 2.45) is 4.40 Å². The van der Waals surface area contributed by atoms with E-state index in [-0.39, 0.29) is 17.3 Å². The fraction of sp³-hybridized carbons (Fsp3) is 0.560. The lowest BCUT2D eigenvalue weighted by Crippen LogP contribution is -2.45. The van der Waals surface area contributed by atoms with Crippen LogP contribution in [-0.4, -0.2) is 92.7 Å². The van der Waals surface area contributed by atoms with Gasteiger partial charge < -0.3 is 29.1 Å². The van der Waals surface area contributed by atoms with E-state index in [4.69, 9.17) is 18.5 Å². The second-order valence-corrected chi connectivity index (χ2v) is 11.3. The number of carbonyl (C=O) groups is 4. The summed E-state index contributed by atoms with van der Waals surface area (Å²) in [4.78, 5) is 52.4. The van der Waals surface area contributed by atoms with E-state index < -0.39 is 65.9 Å². The Balaban J connectivity index is 1.45. The number of rotatable bonds is 9. The Morgan fingerprint density at radius 1 is 1.00 bits per heavy atom. The van der Waals surface area contributed by atoms with Crippen molar-refractivity contribution in [1.29, 1.82) is 0 Å². The number of hydroxylamine groups is 1. The molecule has 2 saturated heterocycles. The molecular weight excluding hydrogens is 548 g/mol. The van der Waals surface area contributed by atoms with Crippen LogP contribution in [0.15, 0.2) is 22.6 Å².